The van der Waals surface area contributed by atoms with Crippen LogP contribution in [0.5, 0.6) is 0 Å². The van der Waals surface area contributed by atoms with E-state index >= 15 is 0 Å². The summed E-state index contributed by atoms with van der Waals surface area (Å²) in [5, 5.41) is 20.1. The van der Waals surface area contributed by atoms with Crippen LogP contribution in [-0.2, 0) is 4.79 Å². The van der Waals surface area contributed by atoms with Crippen molar-refractivity contribution in [1.82, 2.24) is 30.0 Å². The Kier molecular flexibility index (Phi) is 5.00. The molecule has 2 aliphatic carbocycles. The van der Waals surface area contributed by atoms with Crippen LogP contribution >= 0.6 is 11.8 Å². The van der Waals surface area contributed by atoms with Crippen LogP contribution in [0.3, 0.4) is 0 Å². The molecule has 0 bridgehead atoms. The number of nitrogens with one attached hydrogen (secondary N) is 1. The standard InChI is InChI=1S/C16H23N7OS/c24-15(18-14-9-10-17-22(14)12-5-1-2-6-12)11-25-16-19-20-21-23(16)13-7-3-4-8-13/h9-10,12-13H,1-8,11H2,(H,18,24). The molecule has 0 unspecified atom stereocenters. The molecule has 0 radical (unpaired) electrons. The predicted molar refractivity (Wildman–Crippen MR) is 94.4 cm³/mol. The maximum Gasteiger partial charge on any atom is 0.235 e. The van der Waals surface area contributed by atoms with Gasteiger partial charge in [0.15, 0.2) is 0 Å². The Hall–Kier alpha value is -1.90. The molecular formula is C16H23N7OS. The van der Waals surface area contributed by atoms with Gasteiger partial charge >= 0.3 is 0 Å². The molecule has 0 spiro atoms. The van der Waals surface area contributed by atoms with Gasteiger partial charge < -0.3 is 5.32 Å². The SMILES string of the molecule is O=C(CSc1nnnn1C1CCCC1)Nc1ccnn1C1CCCC1. The van der Waals surface area contributed by atoms with Crippen molar-refractivity contribution >= 4 is 23.5 Å². The molecule has 0 aromatic carbocycles. The summed E-state index contributed by atoms with van der Waals surface area (Å²) < 4.78 is 3.84. The monoisotopic (exact) mass is 361 g/mol. The number of nitrogens with zero attached hydrogens (tertiary/aromatic N) is 6. The summed E-state index contributed by atoms with van der Waals surface area (Å²) in [6.45, 7) is 0. The van der Waals surface area contributed by atoms with Gasteiger partial charge in [-0.1, -0.05) is 37.4 Å². The first-order valence-electron chi connectivity index (χ1n) is 9.05. The quantitative estimate of drug-likeness (QED) is 0.796. The van der Waals surface area contributed by atoms with E-state index in [1.165, 1.54) is 37.4 Å². The van der Waals surface area contributed by atoms with Gasteiger partial charge in [-0.05, 0) is 36.1 Å². The third-order valence-corrected chi connectivity index (χ3v) is 6.01. The molecule has 25 heavy (non-hydrogen) atoms. The summed E-state index contributed by atoms with van der Waals surface area (Å²) >= 11 is 1.39. The molecule has 2 aliphatic rings. The molecule has 9 heteroatoms. The largest absolute Gasteiger partial charge is 0.310 e. The van der Waals surface area contributed by atoms with E-state index in [4.69, 9.17) is 0 Å². The maximum absolute atomic E-state index is 12.4. The van der Waals surface area contributed by atoms with E-state index in [2.05, 4.69) is 25.9 Å². The van der Waals surface area contributed by atoms with Crippen LogP contribution in [0.4, 0.5) is 5.82 Å². The minimum Gasteiger partial charge on any atom is -0.310 e. The number of tetrazole rings is 1. The fraction of sp³-hybridized carbons (Fsp3) is 0.688. The van der Waals surface area contributed by atoms with E-state index < -0.39 is 0 Å². The first-order valence-corrected chi connectivity index (χ1v) is 10.0. The van der Waals surface area contributed by atoms with Crippen molar-refractivity contribution in [2.75, 3.05) is 11.1 Å². The molecule has 0 aliphatic heterocycles. The van der Waals surface area contributed by atoms with Crippen molar-refractivity contribution in [2.45, 2.75) is 68.6 Å². The average Bonchev–Trinajstić information content (AvgIpc) is 3.39. The van der Waals surface area contributed by atoms with Gasteiger partial charge in [0.25, 0.3) is 0 Å². The molecule has 0 saturated heterocycles. The van der Waals surface area contributed by atoms with Crippen LogP contribution in [0.1, 0.15) is 63.5 Å². The number of aromatic nitrogens is 6. The van der Waals surface area contributed by atoms with Gasteiger partial charge in [-0.3, -0.25) is 4.79 Å². The Morgan fingerprint density at radius 2 is 1.80 bits per heavy atom. The van der Waals surface area contributed by atoms with E-state index in [-0.39, 0.29) is 5.91 Å². The second-order valence-corrected chi connectivity index (χ2v) is 7.72. The van der Waals surface area contributed by atoms with Crippen LogP contribution in [-0.4, -0.2) is 41.6 Å². The number of anilines is 1. The Balaban J connectivity index is 1.34. The molecule has 0 atom stereocenters. The van der Waals surface area contributed by atoms with Gasteiger partial charge in [0.2, 0.25) is 11.1 Å². The first-order chi connectivity index (χ1) is 12.3. The first kappa shape index (κ1) is 16.6. The molecule has 2 aromatic heterocycles. The highest BCUT2D eigenvalue weighted by atomic mass is 32.2. The highest BCUT2D eigenvalue weighted by Crippen LogP contribution is 2.32. The molecule has 2 heterocycles. The fourth-order valence-corrected chi connectivity index (χ4v) is 4.57. The van der Waals surface area contributed by atoms with Gasteiger partial charge in [-0.15, -0.1) is 5.10 Å². The minimum absolute atomic E-state index is 0.0503. The van der Waals surface area contributed by atoms with Crippen molar-refractivity contribution < 1.29 is 4.79 Å². The predicted octanol–water partition coefficient (Wildman–Crippen LogP) is 2.83. The number of rotatable bonds is 6. The molecule has 2 fully saturated rings. The maximum atomic E-state index is 12.4. The van der Waals surface area contributed by atoms with Gasteiger partial charge in [-0.25, -0.2) is 9.36 Å². The van der Waals surface area contributed by atoms with Crippen molar-refractivity contribution in [2.24, 2.45) is 0 Å². The lowest BCUT2D eigenvalue weighted by molar-refractivity contribution is -0.113. The smallest absolute Gasteiger partial charge is 0.235 e. The zero-order valence-corrected chi connectivity index (χ0v) is 15.0. The Morgan fingerprint density at radius 3 is 2.52 bits per heavy atom. The molecule has 2 saturated carbocycles. The molecule has 8 nitrogen and oxygen atoms in total. The van der Waals surface area contributed by atoms with E-state index in [0.717, 1.165) is 36.7 Å². The van der Waals surface area contributed by atoms with Crippen molar-refractivity contribution in [1.29, 1.82) is 0 Å². The lowest BCUT2D eigenvalue weighted by Crippen LogP contribution is -2.19. The number of hydrogen-bond acceptors (Lipinski definition) is 6. The molecule has 1 N–H and O–H groups in total. The second kappa shape index (κ2) is 7.55. The number of amides is 1. The fourth-order valence-electron chi connectivity index (χ4n) is 3.82. The summed E-state index contributed by atoms with van der Waals surface area (Å²) in [4.78, 5) is 12.4. The Morgan fingerprint density at radius 1 is 1.12 bits per heavy atom. The topological polar surface area (TPSA) is 90.5 Å². The van der Waals surface area contributed by atoms with Crippen molar-refractivity contribution in [3.8, 4) is 0 Å². The zero-order chi connectivity index (χ0) is 17.1. The number of carbonyl (C=O) groups excluding carboxylic acids is 1. The number of hydrogen-bond donors (Lipinski definition) is 1. The van der Waals surface area contributed by atoms with E-state index in [0.29, 0.717) is 17.8 Å². The molecule has 1 amide bonds. The van der Waals surface area contributed by atoms with Crippen LogP contribution < -0.4 is 5.32 Å². The summed E-state index contributed by atoms with van der Waals surface area (Å²) in [6.07, 6.45) is 11.2. The van der Waals surface area contributed by atoms with Gasteiger partial charge in [-0.2, -0.15) is 5.10 Å². The lowest BCUT2D eigenvalue weighted by atomic mass is 10.2. The minimum atomic E-state index is -0.0503. The van der Waals surface area contributed by atoms with Crippen LogP contribution in [0, 0.1) is 0 Å². The highest BCUT2D eigenvalue weighted by molar-refractivity contribution is 7.99. The molecular weight excluding hydrogens is 338 g/mol. The second-order valence-electron chi connectivity index (χ2n) is 6.78. The summed E-state index contributed by atoms with van der Waals surface area (Å²) in [6, 6.07) is 2.65. The third-order valence-electron chi connectivity index (χ3n) is 5.07. The summed E-state index contributed by atoms with van der Waals surface area (Å²) in [5.41, 5.74) is 0. The van der Waals surface area contributed by atoms with Gasteiger partial charge in [0, 0.05) is 6.07 Å². The summed E-state index contributed by atoms with van der Waals surface area (Å²) in [7, 11) is 0. The third kappa shape index (κ3) is 3.70. The average molecular weight is 361 g/mol. The van der Waals surface area contributed by atoms with E-state index in [9.17, 15) is 4.79 Å². The lowest BCUT2D eigenvalue weighted by Gasteiger charge is -2.14. The molecule has 2 aromatic rings. The number of carbonyl (C=O) groups is 1. The van der Waals surface area contributed by atoms with Crippen LogP contribution in [0.2, 0.25) is 0 Å². The van der Waals surface area contributed by atoms with Crippen LogP contribution in [0.15, 0.2) is 17.4 Å². The molecule has 134 valence electrons. The normalized spacial score (nSPS) is 18.9. The van der Waals surface area contributed by atoms with E-state index in [1.807, 2.05) is 15.4 Å². The highest BCUT2D eigenvalue weighted by Gasteiger charge is 2.23. The molecule has 4 rings (SSSR count). The summed E-state index contributed by atoms with van der Waals surface area (Å²) in [5.74, 6) is 1.03. The zero-order valence-electron chi connectivity index (χ0n) is 14.2. The van der Waals surface area contributed by atoms with Gasteiger partial charge in [0.05, 0.1) is 24.0 Å². The van der Waals surface area contributed by atoms with Gasteiger partial charge in [0.1, 0.15) is 5.82 Å². The van der Waals surface area contributed by atoms with E-state index in [1.54, 1.807) is 6.20 Å². The van der Waals surface area contributed by atoms with Crippen LogP contribution in [0.25, 0.3) is 0 Å². The Bertz CT molecular complexity index is 716. The van der Waals surface area contributed by atoms with Crippen molar-refractivity contribution in [3.05, 3.63) is 12.3 Å². The Labute approximate surface area is 150 Å². The number of thioether (sulfide) groups is 1. The van der Waals surface area contributed by atoms with Crippen molar-refractivity contribution in [3.63, 3.8) is 0 Å².